The fraction of sp³-hybridized carbons (Fsp3) is 0.375. The molecule has 0 fully saturated rings. The van der Waals surface area contributed by atoms with E-state index in [-0.39, 0.29) is 29.0 Å². The van der Waals surface area contributed by atoms with Crippen LogP contribution in [-0.4, -0.2) is 51.4 Å². The summed E-state index contributed by atoms with van der Waals surface area (Å²) in [5.74, 6) is -0.221. The number of aryl methyl sites for hydroxylation is 2. The van der Waals surface area contributed by atoms with Gasteiger partial charge in [0.2, 0.25) is 11.8 Å². The third-order valence-corrected chi connectivity index (χ3v) is 8.49. The Balaban J connectivity index is 2.11. The number of nitrogens with zero attached hydrogens (tertiary/aromatic N) is 2. The van der Waals surface area contributed by atoms with E-state index in [0.717, 1.165) is 21.0 Å². The third kappa shape index (κ3) is 8.10. The number of benzene rings is 3. The van der Waals surface area contributed by atoms with E-state index >= 15 is 0 Å². The number of carbonyl (C=O) groups excluding carboxylic acids is 2. The lowest BCUT2D eigenvalue weighted by Crippen LogP contribution is -2.52. The van der Waals surface area contributed by atoms with Gasteiger partial charge in [-0.25, -0.2) is 8.42 Å². The van der Waals surface area contributed by atoms with Gasteiger partial charge >= 0.3 is 0 Å². The largest absolute Gasteiger partial charge is 0.495 e. The highest BCUT2D eigenvalue weighted by Crippen LogP contribution is 2.33. The van der Waals surface area contributed by atoms with Crippen LogP contribution in [0.1, 0.15) is 43.9 Å². The minimum Gasteiger partial charge on any atom is -0.495 e. The van der Waals surface area contributed by atoms with Crippen molar-refractivity contribution in [1.82, 2.24) is 10.2 Å². The van der Waals surface area contributed by atoms with E-state index in [1.54, 1.807) is 30.3 Å². The van der Waals surface area contributed by atoms with Crippen molar-refractivity contribution in [1.29, 1.82) is 0 Å². The molecule has 9 heteroatoms. The molecule has 220 valence electrons. The summed E-state index contributed by atoms with van der Waals surface area (Å²) in [4.78, 5) is 29.1. The summed E-state index contributed by atoms with van der Waals surface area (Å²) < 4.78 is 34.7. The zero-order chi connectivity index (χ0) is 30.2. The first-order valence-electron chi connectivity index (χ1n) is 13.8. The predicted molar refractivity (Wildman–Crippen MR) is 162 cm³/mol. The highest BCUT2D eigenvalue weighted by atomic mass is 32.2. The molecule has 0 aliphatic rings. The minimum atomic E-state index is -4.18. The van der Waals surface area contributed by atoms with Crippen LogP contribution in [0.3, 0.4) is 0 Å². The number of carbonyl (C=O) groups is 2. The molecule has 0 spiro atoms. The molecule has 0 aliphatic carbocycles. The first kappa shape index (κ1) is 31.7. The molecule has 0 radical (unpaired) electrons. The summed E-state index contributed by atoms with van der Waals surface area (Å²) in [6.07, 6.45) is 0.362. The highest BCUT2D eigenvalue weighted by molar-refractivity contribution is 7.92. The van der Waals surface area contributed by atoms with Crippen molar-refractivity contribution in [2.75, 3.05) is 24.5 Å². The van der Waals surface area contributed by atoms with Gasteiger partial charge in [-0.3, -0.25) is 13.9 Å². The number of anilines is 1. The van der Waals surface area contributed by atoms with Crippen molar-refractivity contribution < 1.29 is 22.7 Å². The SMILES string of the molecule is CC[C@H](C(=O)NCC(C)C)N(Cc1cccc(C)c1)C(=O)CN(c1cc(C)ccc1OC)S(=O)(=O)c1ccccc1. The number of hydrogen-bond donors (Lipinski definition) is 1. The normalized spacial score (nSPS) is 12.1. The maximum absolute atomic E-state index is 14.2. The Bertz CT molecular complexity index is 1440. The molecule has 0 aliphatic heterocycles. The van der Waals surface area contributed by atoms with Crippen LogP contribution in [0.15, 0.2) is 77.7 Å². The summed E-state index contributed by atoms with van der Waals surface area (Å²) in [7, 11) is -2.72. The van der Waals surface area contributed by atoms with Crippen molar-refractivity contribution in [3.63, 3.8) is 0 Å². The van der Waals surface area contributed by atoms with Gasteiger partial charge in [0.15, 0.2) is 0 Å². The molecule has 3 aromatic rings. The van der Waals surface area contributed by atoms with Crippen LogP contribution < -0.4 is 14.4 Å². The van der Waals surface area contributed by atoms with E-state index < -0.39 is 28.5 Å². The zero-order valence-electron chi connectivity index (χ0n) is 24.8. The Kier molecular flexibility index (Phi) is 10.9. The number of nitrogens with one attached hydrogen (secondary N) is 1. The van der Waals surface area contributed by atoms with Crippen LogP contribution in [0, 0.1) is 19.8 Å². The van der Waals surface area contributed by atoms with Crippen LogP contribution in [-0.2, 0) is 26.2 Å². The molecule has 3 rings (SSSR count). The smallest absolute Gasteiger partial charge is 0.264 e. The predicted octanol–water partition coefficient (Wildman–Crippen LogP) is 5.09. The van der Waals surface area contributed by atoms with Crippen molar-refractivity contribution in [3.8, 4) is 5.75 Å². The Morgan fingerprint density at radius 3 is 2.22 bits per heavy atom. The number of methoxy groups -OCH3 is 1. The monoisotopic (exact) mass is 579 g/mol. The molecular weight excluding hydrogens is 538 g/mol. The van der Waals surface area contributed by atoms with Gasteiger partial charge in [0.05, 0.1) is 17.7 Å². The van der Waals surface area contributed by atoms with Gasteiger partial charge in [0, 0.05) is 13.1 Å². The van der Waals surface area contributed by atoms with Crippen LogP contribution >= 0.6 is 0 Å². The fourth-order valence-corrected chi connectivity index (χ4v) is 6.01. The topological polar surface area (TPSA) is 96.0 Å². The number of ether oxygens (including phenoxy) is 1. The molecule has 0 bridgehead atoms. The van der Waals surface area contributed by atoms with Gasteiger partial charge in [0.25, 0.3) is 10.0 Å². The van der Waals surface area contributed by atoms with Gasteiger partial charge in [-0.05, 0) is 61.6 Å². The third-order valence-electron chi connectivity index (χ3n) is 6.72. The fourth-order valence-electron chi connectivity index (χ4n) is 4.58. The Hall–Kier alpha value is -3.85. The molecule has 0 saturated carbocycles. The molecule has 1 N–H and O–H groups in total. The summed E-state index contributed by atoms with van der Waals surface area (Å²) in [5, 5.41) is 2.95. The van der Waals surface area contributed by atoms with E-state index in [0.29, 0.717) is 18.7 Å². The lowest BCUT2D eigenvalue weighted by molar-refractivity contribution is -0.140. The molecule has 3 aromatic carbocycles. The maximum atomic E-state index is 14.2. The summed E-state index contributed by atoms with van der Waals surface area (Å²) in [5.41, 5.74) is 2.92. The van der Waals surface area contributed by atoms with E-state index in [2.05, 4.69) is 5.32 Å². The summed E-state index contributed by atoms with van der Waals surface area (Å²) in [6, 6.07) is 20.1. The molecule has 2 amide bonds. The second-order valence-electron chi connectivity index (χ2n) is 10.6. The lowest BCUT2D eigenvalue weighted by Gasteiger charge is -2.33. The standard InChI is InChI=1S/C32H41N3O5S/c1-7-28(32(37)33-20-23(2)3)34(21-26-13-11-12-24(4)18-26)31(36)22-35(29-19-25(5)16-17-30(29)40-6)41(38,39)27-14-9-8-10-15-27/h8-19,23,28H,7,20-22H2,1-6H3,(H,33,37)/t28-/m1/s1. The van der Waals surface area contributed by atoms with Crippen molar-refractivity contribution in [3.05, 3.63) is 89.5 Å². The first-order valence-corrected chi connectivity index (χ1v) is 15.3. The number of rotatable bonds is 13. The lowest BCUT2D eigenvalue weighted by atomic mass is 10.1. The van der Waals surface area contributed by atoms with Crippen LogP contribution in [0.5, 0.6) is 5.75 Å². The van der Waals surface area contributed by atoms with Gasteiger partial charge in [-0.2, -0.15) is 0 Å². The van der Waals surface area contributed by atoms with Crippen LogP contribution in [0.2, 0.25) is 0 Å². The van der Waals surface area contributed by atoms with Crippen molar-refractivity contribution in [2.24, 2.45) is 5.92 Å². The average molecular weight is 580 g/mol. The van der Waals surface area contributed by atoms with E-state index in [4.69, 9.17) is 4.74 Å². The first-order chi connectivity index (χ1) is 19.5. The van der Waals surface area contributed by atoms with Gasteiger partial charge < -0.3 is 15.0 Å². The Morgan fingerprint density at radius 1 is 0.927 bits per heavy atom. The Morgan fingerprint density at radius 2 is 1.61 bits per heavy atom. The van der Waals surface area contributed by atoms with Crippen LogP contribution in [0.4, 0.5) is 5.69 Å². The molecule has 41 heavy (non-hydrogen) atoms. The molecule has 0 saturated heterocycles. The van der Waals surface area contributed by atoms with Crippen molar-refractivity contribution >= 4 is 27.5 Å². The molecule has 0 aromatic heterocycles. The van der Waals surface area contributed by atoms with Crippen molar-refractivity contribution in [2.45, 2.75) is 58.5 Å². The van der Waals surface area contributed by atoms with Crippen LogP contribution in [0.25, 0.3) is 0 Å². The van der Waals surface area contributed by atoms with Gasteiger partial charge in [0.1, 0.15) is 18.3 Å². The number of amides is 2. The Labute approximate surface area is 244 Å². The molecular formula is C32H41N3O5S. The van der Waals surface area contributed by atoms with E-state index in [9.17, 15) is 18.0 Å². The number of hydrogen-bond acceptors (Lipinski definition) is 5. The number of sulfonamides is 1. The molecule has 1 atom stereocenters. The summed E-state index contributed by atoms with van der Waals surface area (Å²) >= 11 is 0. The zero-order valence-corrected chi connectivity index (χ0v) is 25.6. The minimum absolute atomic E-state index is 0.0447. The second kappa shape index (κ2) is 14.2. The average Bonchev–Trinajstić information content (AvgIpc) is 2.95. The second-order valence-corrected chi connectivity index (χ2v) is 12.4. The van der Waals surface area contributed by atoms with Gasteiger partial charge in [-0.1, -0.05) is 74.9 Å². The molecule has 0 heterocycles. The quantitative estimate of drug-likeness (QED) is 0.305. The van der Waals surface area contributed by atoms with E-state index in [1.807, 2.05) is 65.0 Å². The molecule has 8 nitrogen and oxygen atoms in total. The summed E-state index contributed by atoms with van der Waals surface area (Å²) in [6.45, 7) is 9.75. The molecule has 0 unspecified atom stereocenters. The van der Waals surface area contributed by atoms with Gasteiger partial charge in [-0.15, -0.1) is 0 Å². The maximum Gasteiger partial charge on any atom is 0.264 e. The highest BCUT2D eigenvalue weighted by Gasteiger charge is 2.34. The van der Waals surface area contributed by atoms with E-state index in [1.165, 1.54) is 24.1 Å².